The first-order valence-corrected chi connectivity index (χ1v) is 9.75. The smallest absolute Gasteiger partial charge is 0.419 e. The number of carbonyl (C=O) groups is 1. The minimum atomic E-state index is -0.642. The van der Waals surface area contributed by atoms with Gasteiger partial charge >= 0.3 is 6.09 Å². The number of carbonyl (C=O) groups excluding carboxylic acids is 1. The number of fused-ring (bicyclic) bond motifs is 1. The van der Waals surface area contributed by atoms with Gasteiger partial charge in [0.1, 0.15) is 17.1 Å². The van der Waals surface area contributed by atoms with Gasteiger partial charge in [-0.05, 0) is 39.0 Å². The zero-order valence-corrected chi connectivity index (χ0v) is 18.1. The van der Waals surface area contributed by atoms with Crippen molar-refractivity contribution in [2.75, 3.05) is 12.4 Å². The monoisotopic (exact) mass is 420 g/mol. The Kier molecular flexibility index (Phi) is 5.10. The highest BCUT2D eigenvalue weighted by atomic mass is 16.6. The zero-order valence-electron chi connectivity index (χ0n) is 18.1. The third kappa shape index (κ3) is 4.20. The van der Waals surface area contributed by atoms with Gasteiger partial charge in [0.2, 0.25) is 5.88 Å². The van der Waals surface area contributed by atoms with Gasteiger partial charge in [0.15, 0.2) is 0 Å². The first-order chi connectivity index (χ1) is 14.7. The van der Waals surface area contributed by atoms with Crippen molar-refractivity contribution in [1.29, 1.82) is 0 Å². The van der Waals surface area contributed by atoms with Gasteiger partial charge in [0.25, 0.3) is 0 Å². The molecule has 4 aromatic rings. The van der Waals surface area contributed by atoms with Crippen LogP contribution in [0, 0.1) is 0 Å². The van der Waals surface area contributed by atoms with Crippen molar-refractivity contribution in [2.45, 2.75) is 26.4 Å². The standard InChI is InChI=1S/C22H24N6O3/c1-22(2,3)31-21(29)28-17(15-12-25-27(4)13-15)9-14-11-24-19(10-18(14)28)26-16-7-6-8-23-20(16)30-5/h6-13H,1-5H3,(H,24,26). The summed E-state index contributed by atoms with van der Waals surface area (Å²) in [5.74, 6) is 0.988. The number of nitrogens with zero attached hydrogens (tertiary/aromatic N) is 5. The third-order valence-corrected chi connectivity index (χ3v) is 4.49. The normalized spacial score (nSPS) is 11.5. The number of ether oxygens (including phenoxy) is 2. The molecule has 0 radical (unpaired) electrons. The van der Waals surface area contributed by atoms with Crippen LogP contribution >= 0.6 is 0 Å². The molecule has 1 N–H and O–H groups in total. The van der Waals surface area contributed by atoms with Gasteiger partial charge in [-0.1, -0.05) is 0 Å². The molecule has 31 heavy (non-hydrogen) atoms. The average molecular weight is 420 g/mol. The van der Waals surface area contributed by atoms with E-state index in [-0.39, 0.29) is 0 Å². The number of aryl methyl sites for hydroxylation is 1. The summed E-state index contributed by atoms with van der Waals surface area (Å²) in [5, 5.41) is 8.24. The second-order valence-corrected chi connectivity index (χ2v) is 8.06. The Morgan fingerprint density at radius 3 is 2.65 bits per heavy atom. The fraction of sp³-hybridized carbons (Fsp3) is 0.273. The molecule has 0 fully saturated rings. The Morgan fingerprint density at radius 1 is 1.16 bits per heavy atom. The Hall–Kier alpha value is -3.88. The minimum absolute atomic E-state index is 0.447. The van der Waals surface area contributed by atoms with E-state index < -0.39 is 11.7 Å². The Balaban J connectivity index is 1.83. The second-order valence-electron chi connectivity index (χ2n) is 8.06. The van der Waals surface area contributed by atoms with Crippen molar-refractivity contribution in [3.8, 4) is 17.1 Å². The maximum atomic E-state index is 13.1. The largest absolute Gasteiger partial charge is 0.480 e. The van der Waals surface area contributed by atoms with E-state index in [9.17, 15) is 4.79 Å². The number of methoxy groups -OCH3 is 1. The molecule has 0 aliphatic rings. The molecule has 0 aliphatic carbocycles. The van der Waals surface area contributed by atoms with Crippen LogP contribution in [0.2, 0.25) is 0 Å². The van der Waals surface area contributed by atoms with Crippen LogP contribution in [0.15, 0.2) is 49.1 Å². The Bertz CT molecular complexity index is 1250. The average Bonchev–Trinajstić information content (AvgIpc) is 3.30. The van der Waals surface area contributed by atoms with Gasteiger partial charge in [-0.25, -0.2) is 19.3 Å². The molecule has 9 nitrogen and oxygen atoms in total. The number of hydrogen-bond donors (Lipinski definition) is 1. The van der Waals surface area contributed by atoms with E-state index in [1.54, 1.807) is 47.1 Å². The van der Waals surface area contributed by atoms with Gasteiger partial charge in [0, 0.05) is 42.7 Å². The maximum absolute atomic E-state index is 13.1. The first kappa shape index (κ1) is 20.4. The molecule has 4 heterocycles. The topological polar surface area (TPSA) is 96.1 Å². The molecular formula is C22H24N6O3. The Labute approximate surface area is 179 Å². The highest BCUT2D eigenvalue weighted by Crippen LogP contribution is 2.31. The predicted molar refractivity (Wildman–Crippen MR) is 118 cm³/mol. The SMILES string of the molecule is COc1ncccc1Nc1cc2c(cn1)cc(-c1cnn(C)c1)n2C(=O)OC(C)(C)C. The summed E-state index contributed by atoms with van der Waals surface area (Å²) in [6.07, 6.45) is 6.44. The van der Waals surface area contributed by atoms with E-state index >= 15 is 0 Å². The van der Waals surface area contributed by atoms with Gasteiger partial charge < -0.3 is 14.8 Å². The van der Waals surface area contributed by atoms with Gasteiger partial charge in [0.05, 0.1) is 24.5 Å². The number of hydrogen-bond acceptors (Lipinski definition) is 7. The summed E-state index contributed by atoms with van der Waals surface area (Å²) in [4.78, 5) is 21.8. The van der Waals surface area contributed by atoms with Crippen LogP contribution < -0.4 is 10.1 Å². The highest BCUT2D eigenvalue weighted by Gasteiger charge is 2.24. The number of aromatic nitrogens is 5. The van der Waals surface area contributed by atoms with E-state index in [0.717, 1.165) is 10.9 Å². The lowest BCUT2D eigenvalue weighted by molar-refractivity contribution is 0.0547. The third-order valence-electron chi connectivity index (χ3n) is 4.49. The fourth-order valence-electron chi connectivity index (χ4n) is 3.23. The van der Waals surface area contributed by atoms with Crippen molar-refractivity contribution in [2.24, 2.45) is 7.05 Å². The van der Waals surface area contributed by atoms with Crippen LogP contribution in [0.3, 0.4) is 0 Å². The molecular weight excluding hydrogens is 396 g/mol. The van der Waals surface area contributed by atoms with Crippen LogP contribution in [0.25, 0.3) is 22.2 Å². The number of pyridine rings is 2. The van der Waals surface area contributed by atoms with Crippen LogP contribution in [0.4, 0.5) is 16.3 Å². The molecule has 0 saturated carbocycles. The van der Waals surface area contributed by atoms with Crippen molar-refractivity contribution < 1.29 is 14.3 Å². The van der Waals surface area contributed by atoms with Crippen LogP contribution in [-0.2, 0) is 11.8 Å². The number of anilines is 2. The lowest BCUT2D eigenvalue weighted by Gasteiger charge is -2.21. The van der Waals surface area contributed by atoms with E-state index in [1.165, 1.54) is 0 Å². The maximum Gasteiger partial charge on any atom is 0.419 e. The van der Waals surface area contributed by atoms with E-state index in [2.05, 4.69) is 20.4 Å². The lowest BCUT2D eigenvalue weighted by atomic mass is 10.2. The number of nitrogens with one attached hydrogen (secondary N) is 1. The predicted octanol–water partition coefficient (Wildman–Crippen LogP) is 4.37. The van der Waals surface area contributed by atoms with Crippen LogP contribution in [0.5, 0.6) is 5.88 Å². The molecule has 4 aromatic heterocycles. The first-order valence-electron chi connectivity index (χ1n) is 9.75. The molecule has 160 valence electrons. The van der Waals surface area contributed by atoms with Crippen LogP contribution in [-0.4, -0.2) is 43.1 Å². The van der Waals surface area contributed by atoms with Crippen LogP contribution in [0.1, 0.15) is 20.8 Å². The quantitative estimate of drug-likeness (QED) is 0.524. The van der Waals surface area contributed by atoms with Crippen molar-refractivity contribution in [3.05, 3.63) is 49.1 Å². The molecule has 9 heteroatoms. The summed E-state index contributed by atoms with van der Waals surface area (Å²) in [5.41, 5.74) is 2.16. The summed E-state index contributed by atoms with van der Waals surface area (Å²) in [6.45, 7) is 5.51. The summed E-state index contributed by atoms with van der Waals surface area (Å²) in [6, 6.07) is 7.34. The molecule has 0 unspecified atom stereocenters. The summed E-state index contributed by atoms with van der Waals surface area (Å²) < 4.78 is 14.2. The lowest BCUT2D eigenvalue weighted by Crippen LogP contribution is -2.27. The molecule has 0 atom stereocenters. The van der Waals surface area contributed by atoms with E-state index in [0.29, 0.717) is 28.6 Å². The minimum Gasteiger partial charge on any atom is -0.480 e. The van der Waals surface area contributed by atoms with E-state index in [4.69, 9.17) is 9.47 Å². The summed E-state index contributed by atoms with van der Waals surface area (Å²) >= 11 is 0. The van der Waals surface area contributed by atoms with Crippen molar-refractivity contribution >= 4 is 28.5 Å². The molecule has 4 rings (SSSR count). The highest BCUT2D eigenvalue weighted by molar-refractivity contribution is 5.97. The molecule has 0 spiro atoms. The molecule has 0 bridgehead atoms. The molecule has 0 aromatic carbocycles. The van der Waals surface area contributed by atoms with Gasteiger partial charge in [-0.3, -0.25) is 4.68 Å². The molecule has 0 amide bonds. The summed E-state index contributed by atoms with van der Waals surface area (Å²) in [7, 11) is 3.38. The van der Waals surface area contributed by atoms with Crippen molar-refractivity contribution in [3.63, 3.8) is 0 Å². The van der Waals surface area contributed by atoms with E-state index in [1.807, 2.05) is 46.1 Å². The zero-order chi connectivity index (χ0) is 22.2. The molecule has 0 saturated heterocycles. The molecule has 0 aliphatic heterocycles. The van der Waals surface area contributed by atoms with Gasteiger partial charge in [-0.2, -0.15) is 5.10 Å². The van der Waals surface area contributed by atoms with Gasteiger partial charge in [-0.15, -0.1) is 0 Å². The van der Waals surface area contributed by atoms with Crippen molar-refractivity contribution in [1.82, 2.24) is 24.3 Å². The fourth-order valence-corrected chi connectivity index (χ4v) is 3.23. The number of rotatable bonds is 4. The Morgan fingerprint density at radius 2 is 1.97 bits per heavy atom. The second kappa shape index (κ2) is 7.75.